The van der Waals surface area contributed by atoms with Gasteiger partial charge in [-0.15, -0.1) is 11.8 Å². The number of hydrogen-bond acceptors (Lipinski definition) is 4. The highest BCUT2D eigenvalue weighted by atomic mass is 32.2. The van der Waals surface area contributed by atoms with Crippen LogP contribution in [0.15, 0.2) is 30.3 Å². The number of nitrogens with zero attached hydrogens (tertiary/aromatic N) is 1. The third kappa shape index (κ3) is 2.73. The summed E-state index contributed by atoms with van der Waals surface area (Å²) < 4.78 is -0.338. The maximum absolute atomic E-state index is 12.1. The zero-order valence-electron chi connectivity index (χ0n) is 12.7. The van der Waals surface area contributed by atoms with Crippen LogP contribution in [0.4, 0.5) is 0 Å². The van der Waals surface area contributed by atoms with Crippen molar-refractivity contribution in [3.05, 3.63) is 35.9 Å². The Labute approximate surface area is 134 Å². The van der Waals surface area contributed by atoms with Gasteiger partial charge in [-0.25, -0.2) is 0 Å². The second-order valence-electron chi connectivity index (χ2n) is 6.39. The van der Waals surface area contributed by atoms with E-state index < -0.39 is 12.0 Å². The van der Waals surface area contributed by atoms with Gasteiger partial charge in [-0.1, -0.05) is 30.3 Å². The fraction of sp³-hybridized carbons (Fsp3) is 0.500. The number of carbonyl (C=O) groups excluding carboxylic acids is 1. The van der Waals surface area contributed by atoms with Gasteiger partial charge in [0.05, 0.1) is 17.8 Å². The van der Waals surface area contributed by atoms with Crippen LogP contribution in [-0.4, -0.2) is 50.6 Å². The average Bonchev–Trinajstić information content (AvgIpc) is 2.65. The Morgan fingerprint density at radius 2 is 2.05 bits per heavy atom. The van der Waals surface area contributed by atoms with Gasteiger partial charge in [-0.05, 0) is 19.4 Å². The van der Waals surface area contributed by atoms with E-state index in [1.807, 2.05) is 49.1 Å². The van der Waals surface area contributed by atoms with Crippen molar-refractivity contribution in [3.63, 3.8) is 0 Å². The van der Waals surface area contributed by atoms with Crippen molar-refractivity contribution in [1.29, 1.82) is 0 Å². The van der Waals surface area contributed by atoms with Crippen LogP contribution >= 0.6 is 11.8 Å². The Morgan fingerprint density at radius 3 is 2.68 bits per heavy atom. The SMILES string of the molecule is CC1(C)S[C@@H]2[C@H](NC(=O)Cc3ccccc3)CN2[C@@H]1C(=O)O. The molecule has 1 aromatic carbocycles. The lowest BCUT2D eigenvalue weighted by Crippen LogP contribution is -2.66. The van der Waals surface area contributed by atoms with Crippen molar-refractivity contribution in [2.45, 2.75) is 42.5 Å². The van der Waals surface area contributed by atoms with Crippen LogP contribution in [0, 0.1) is 0 Å². The second-order valence-corrected chi connectivity index (χ2v) is 8.16. The number of fused-ring (bicyclic) bond motifs is 1. The van der Waals surface area contributed by atoms with Crippen molar-refractivity contribution in [2.24, 2.45) is 0 Å². The van der Waals surface area contributed by atoms with Crippen molar-refractivity contribution < 1.29 is 14.7 Å². The van der Waals surface area contributed by atoms with E-state index in [1.54, 1.807) is 11.8 Å². The van der Waals surface area contributed by atoms with Crippen molar-refractivity contribution in [3.8, 4) is 0 Å². The van der Waals surface area contributed by atoms with Crippen LogP contribution < -0.4 is 5.32 Å². The van der Waals surface area contributed by atoms with Crippen LogP contribution in [0.3, 0.4) is 0 Å². The minimum atomic E-state index is -0.783. The summed E-state index contributed by atoms with van der Waals surface area (Å²) in [4.78, 5) is 25.5. The number of carbonyl (C=O) groups is 2. The Hall–Kier alpha value is -1.53. The predicted molar refractivity (Wildman–Crippen MR) is 85.7 cm³/mol. The molecular weight excluding hydrogens is 300 g/mol. The van der Waals surface area contributed by atoms with Crippen molar-refractivity contribution in [1.82, 2.24) is 10.2 Å². The molecule has 3 atom stereocenters. The molecule has 2 saturated heterocycles. The summed E-state index contributed by atoms with van der Waals surface area (Å²) in [6.07, 6.45) is 0.362. The molecule has 2 heterocycles. The van der Waals surface area contributed by atoms with E-state index in [0.29, 0.717) is 13.0 Å². The Morgan fingerprint density at radius 1 is 1.36 bits per heavy atom. The fourth-order valence-electron chi connectivity index (χ4n) is 3.29. The third-order valence-corrected chi connectivity index (χ3v) is 5.95. The molecule has 0 aliphatic carbocycles. The fourth-order valence-corrected chi connectivity index (χ4v) is 4.94. The number of rotatable bonds is 4. The van der Waals surface area contributed by atoms with Gasteiger partial charge in [-0.3, -0.25) is 14.5 Å². The Balaban J connectivity index is 1.59. The molecule has 0 saturated carbocycles. The number of aliphatic carboxylic acids is 1. The first-order valence-electron chi connectivity index (χ1n) is 7.38. The number of nitrogens with one attached hydrogen (secondary N) is 1. The monoisotopic (exact) mass is 320 g/mol. The molecule has 0 aromatic heterocycles. The molecule has 2 N–H and O–H groups in total. The average molecular weight is 320 g/mol. The van der Waals surface area contributed by atoms with Gasteiger partial charge in [0.25, 0.3) is 0 Å². The molecule has 2 aliphatic heterocycles. The van der Waals surface area contributed by atoms with Gasteiger partial charge in [-0.2, -0.15) is 0 Å². The molecule has 2 aliphatic rings. The summed E-state index contributed by atoms with van der Waals surface area (Å²) in [7, 11) is 0. The normalized spacial score (nSPS) is 29.5. The smallest absolute Gasteiger partial charge is 0.322 e. The van der Waals surface area contributed by atoms with Crippen LogP contribution in [0.1, 0.15) is 19.4 Å². The van der Waals surface area contributed by atoms with E-state index >= 15 is 0 Å². The quantitative estimate of drug-likeness (QED) is 0.876. The summed E-state index contributed by atoms with van der Waals surface area (Å²) in [6, 6.07) is 9.17. The molecule has 5 nitrogen and oxygen atoms in total. The number of carboxylic acids is 1. The van der Waals surface area contributed by atoms with E-state index in [2.05, 4.69) is 5.32 Å². The number of benzene rings is 1. The summed E-state index contributed by atoms with van der Waals surface area (Å²) in [5.74, 6) is -0.790. The minimum absolute atomic E-state index is 0.00645. The lowest BCUT2D eigenvalue weighted by atomic mass is 9.96. The lowest BCUT2D eigenvalue weighted by molar-refractivity contribution is -0.146. The molecule has 22 heavy (non-hydrogen) atoms. The first-order chi connectivity index (χ1) is 10.4. The first-order valence-corrected chi connectivity index (χ1v) is 8.26. The molecule has 2 fully saturated rings. The van der Waals surface area contributed by atoms with Crippen LogP contribution in [0.5, 0.6) is 0 Å². The van der Waals surface area contributed by atoms with Gasteiger partial charge in [0.2, 0.25) is 5.91 Å². The highest BCUT2D eigenvalue weighted by Crippen LogP contribution is 2.50. The maximum atomic E-state index is 12.1. The first kappa shape index (κ1) is 15.4. The van der Waals surface area contributed by atoms with E-state index in [-0.39, 0.29) is 22.1 Å². The summed E-state index contributed by atoms with van der Waals surface area (Å²) in [6.45, 7) is 4.52. The summed E-state index contributed by atoms with van der Waals surface area (Å²) in [5.41, 5.74) is 0.985. The Kier molecular flexibility index (Phi) is 3.91. The molecular formula is C16H20N2O3S. The molecule has 1 aromatic rings. The van der Waals surface area contributed by atoms with Gasteiger partial charge in [0.1, 0.15) is 6.04 Å². The molecule has 6 heteroatoms. The van der Waals surface area contributed by atoms with Gasteiger partial charge < -0.3 is 10.4 Å². The molecule has 0 bridgehead atoms. The number of carboxylic acid groups (broad SMARTS) is 1. The lowest BCUT2D eigenvalue weighted by Gasteiger charge is -2.44. The molecule has 1 amide bonds. The van der Waals surface area contributed by atoms with Gasteiger partial charge in [0, 0.05) is 11.3 Å². The molecule has 0 radical (unpaired) electrons. The van der Waals surface area contributed by atoms with Crippen LogP contribution in [0.25, 0.3) is 0 Å². The maximum Gasteiger partial charge on any atom is 0.322 e. The highest BCUT2D eigenvalue weighted by Gasteiger charge is 2.59. The number of thioether (sulfide) groups is 1. The van der Waals surface area contributed by atoms with Gasteiger partial charge >= 0.3 is 5.97 Å². The molecule has 118 valence electrons. The number of amides is 1. The van der Waals surface area contributed by atoms with E-state index in [4.69, 9.17) is 0 Å². The summed E-state index contributed by atoms with van der Waals surface area (Å²) >= 11 is 1.64. The van der Waals surface area contributed by atoms with Crippen LogP contribution in [-0.2, 0) is 16.0 Å². The largest absolute Gasteiger partial charge is 0.480 e. The number of hydrogen-bond donors (Lipinski definition) is 2. The topological polar surface area (TPSA) is 69.6 Å². The molecule has 3 rings (SSSR count). The third-order valence-electron chi connectivity index (χ3n) is 4.28. The van der Waals surface area contributed by atoms with Crippen molar-refractivity contribution in [2.75, 3.05) is 6.54 Å². The highest BCUT2D eigenvalue weighted by molar-refractivity contribution is 8.01. The zero-order valence-corrected chi connectivity index (χ0v) is 13.5. The zero-order chi connectivity index (χ0) is 15.9. The van der Waals surface area contributed by atoms with Gasteiger partial charge in [0.15, 0.2) is 0 Å². The second kappa shape index (κ2) is 5.59. The standard InChI is InChI=1S/C16H20N2O3S/c1-16(2)13(15(20)21)18-9-11(14(18)22-16)17-12(19)8-10-6-4-3-5-7-10/h3-7,11,13-14H,8-9H2,1-2H3,(H,17,19)(H,20,21)/t11-,13-,14-/m1/s1. The molecule has 0 unspecified atom stereocenters. The van der Waals surface area contributed by atoms with E-state index in [0.717, 1.165) is 5.56 Å². The summed E-state index contributed by atoms with van der Waals surface area (Å²) in [5, 5.41) is 12.5. The Bertz CT molecular complexity index is 590. The van der Waals surface area contributed by atoms with Crippen molar-refractivity contribution >= 4 is 23.6 Å². The molecule has 0 spiro atoms. The van der Waals surface area contributed by atoms with E-state index in [9.17, 15) is 14.7 Å². The van der Waals surface area contributed by atoms with Crippen LogP contribution in [0.2, 0.25) is 0 Å². The van der Waals surface area contributed by atoms with E-state index in [1.165, 1.54) is 0 Å². The predicted octanol–water partition coefficient (Wildman–Crippen LogP) is 1.33. The minimum Gasteiger partial charge on any atom is -0.480 e.